The number of benzene rings is 3. The number of amides is 1. The third kappa shape index (κ3) is 2.22. The first-order valence-corrected chi connectivity index (χ1v) is 8.23. The number of nitrogens with zero attached hydrogens (tertiary/aromatic N) is 2. The maximum absolute atomic E-state index is 13.2. The summed E-state index contributed by atoms with van der Waals surface area (Å²) in [6, 6.07) is 14.2. The molecule has 0 saturated carbocycles. The van der Waals surface area contributed by atoms with Gasteiger partial charge in [-0.2, -0.15) is 0 Å². The first kappa shape index (κ1) is 15.0. The van der Waals surface area contributed by atoms with E-state index < -0.39 is 0 Å². The van der Waals surface area contributed by atoms with Crippen LogP contribution in [-0.4, -0.2) is 42.9 Å². The molecule has 0 bridgehead atoms. The van der Waals surface area contributed by atoms with Crippen molar-refractivity contribution in [1.82, 2.24) is 9.80 Å². The molecule has 4 heteroatoms. The van der Waals surface area contributed by atoms with Crippen molar-refractivity contribution < 1.29 is 4.79 Å². The molecule has 3 aromatic rings. The van der Waals surface area contributed by atoms with Gasteiger partial charge in [0.05, 0.1) is 5.56 Å². The van der Waals surface area contributed by atoms with Crippen molar-refractivity contribution in [2.45, 2.75) is 6.54 Å². The lowest BCUT2D eigenvalue weighted by Gasteiger charge is -2.31. The highest BCUT2D eigenvalue weighted by Crippen LogP contribution is 2.37. The SMILES string of the molecule is CN(C)CCN1Cc2cccc3cc4cccc(N)c4c(c23)C1=O. The lowest BCUT2D eigenvalue weighted by molar-refractivity contribution is 0.0729. The lowest BCUT2D eigenvalue weighted by atomic mass is 9.89. The van der Waals surface area contributed by atoms with E-state index in [-0.39, 0.29) is 5.91 Å². The molecule has 0 aliphatic carbocycles. The Hall–Kier alpha value is -2.59. The van der Waals surface area contributed by atoms with Crippen LogP contribution >= 0.6 is 0 Å². The molecular formula is C20H21N3O. The molecule has 2 N–H and O–H groups in total. The number of hydrogen-bond donors (Lipinski definition) is 1. The van der Waals surface area contributed by atoms with Crippen molar-refractivity contribution in [2.24, 2.45) is 0 Å². The van der Waals surface area contributed by atoms with Gasteiger partial charge < -0.3 is 15.5 Å². The van der Waals surface area contributed by atoms with Gasteiger partial charge in [-0.3, -0.25) is 4.79 Å². The fourth-order valence-corrected chi connectivity index (χ4v) is 3.62. The van der Waals surface area contributed by atoms with Crippen LogP contribution in [0.1, 0.15) is 15.9 Å². The lowest BCUT2D eigenvalue weighted by Crippen LogP contribution is -2.38. The molecule has 24 heavy (non-hydrogen) atoms. The summed E-state index contributed by atoms with van der Waals surface area (Å²) in [5.74, 6) is 0.0871. The number of anilines is 1. The second kappa shape index (κ2) is 5.49. The summed E-state index contributed by atoms with van der Waals surface area (Å²) in [5.41, 5.74) is 8.88. The van der Waals surface area contributed by atoms with Gasteiger partial charge in [-0.05, 0) is 42.6 Å². The molecule has 122 valence electrons. The van der Waals surface area contributed by atoms with Crippen molar-refractivity contribution in [1.29, 1.82) is 0 Å². The number of likely N-dealkylation sites (N-methyl/N-ethyl adjacent to an activating group) is 1. The average molecular weight is 319 g/mol. The summed E-state index contributed by atoms with van der Waals surface area (Å²) >= 11 is 0. The van der Waals surface area contributed by atoms with Crippen LogP contribution in [0.15, 0.2) is 42.5 Å². The molecule has 0 atom stereocenters. The fraction of sp³-hybridized carbons (Fsp3) is 0.250. The molecule has 1 aliphatic rings. The van der Waals surface area contributed by atoms with Gasteiger partial charge in [-0.15, -0.1) is 0 Å². The highest BCUT2D eigenvalue weighted by Gasteiger charge is 2.28. The molecule has 0 saturated heterocycles. The van der Waals surface area contributed by atoms with Gasteiger partial charge in [-0.1, -0.05) is 30.3 Å². The van der Waals surface area contributed by atoms with Crippen molar-refractivity contribution in [3.05, 3.63) is 53.6 Å². The Morgan fingerprint density at radius 2 is 1.79 bits per heavy atom. The zero-order valence-electron chi connectivity index (χ0n) is 14.0. The number of hydrogen-bond acceptors (Lipinski definition) is 3. The summed E-state index contributed by atoms with van der Waals surface area (Å²) in [5, 5.41) is 4.09. The van der Waals surface area contributed by atoms with Crippen molar-refractivity contribution in [3.8, 4) is 0 Å². The van der Waals surface area contributed by atoms with Crippen LogP contribution in [0.5, 0.6) is 0 Å². The van der Waals surface area contributed by atoms with Gasteiger partial charge in [0.15, 0.2) is 0 Å². The molecule has 4 rings (SSSR count). The minimum Gasteiger partial charge on any atom is -0.398 e. The van der Waals surface area contributed by atoms with Crippen LogP contribution in [0.3, 0.4) is 0 Å². The first-order valence-electron chi connectivity index (χ1n) is 8.23. The standard InChI is InChI=1S/C20H21N3O/c1-22(2)9-10-23-12-15-7-3-5-13-11-14-6-4-8-16(21)18(14)19(17(13)15)20(23)24/h3-8,11H,9-10,12,21H2,1-2H3. The second-order valence-corrected chi connectivity index (χ2v) is 6.74. The number of fused-ring (bicyclic) bond motifs is 2. The topological polar surface area (TPSA) is 49.6 Å². The predicted octanol–water partition coefficient (Wildman–Crippen LogP) is 3.09. The minimum atomic E-state index is 0.0871. The zero-order valence-corrected chi connectivity index (χ0v) is 14.0. The van der Waals surface area contributed by atoms with E-state index >= 15 is 0 Å². The Morgan fingerprint density at radius 3 is 2.54 bits per heavy atom. The summed E-state index contributed by atoms with van der Waals surface area (Å²) in [7, 11) is 4.05. The first-order chi connectivity index (χ1) is 11.6. The van der Waals surface area contributed by atoms with Crippen LogP contribution in [0, 0.1) is 0 Å². The summed E-state index contributed by atoms with van der Waals surface area (Å²) in [6.07, 6.45) is 0. The molecule has 4 nitrogen and oxygen atoms in total. The number of nitrogen functional groups attached to an aromatic ring is 1. The van der Waals surface area contributed by atoms with Gasteiger partial charge in [0, 0.05) is 36.1 Å². The van der Waals surface area contributed by atoms with Crippen molar-refractivity contribution >= 4 is 33.1 Å². The number of rotatable bonds is 3. The molecule has 1 amide bonds. The zero-order chi connectivity index (χ0) is 16.8. The average Bonchev–Trinajstić information content (AvgIpc) is 2.55. The third-order valence-corrected chi connectivity index (χ3v) is 4.80. The van der Waals surface area contributed by atoms with Crippen LogP contribution in [0.2, 0.25) is 0 Å². The van der Waals surface area contributed by atoms with E-state index in [1.807, 2.05) is 37.2 Å². The molecular weight excluding hydrogens is 298 g/mol. The maximum atomic E-state index is 13.2. The van der Waals surface area contributed by atoms with Crippen LogP contribution in [0.25, 0.3) is 21.5 Å². The smallest absolute Gasteiger partial charge is 0.255 e. The highest BCUT2D eigenvalue weighted by molar-refractivity contribution is 6.22. The third-order valence-electron chi connectivity index (χ3n) is 4.80. The van der Waals surface area contributed by atoms with E-state index in [0.29, 0.717) is 18.8 Å². The van der Waals surface area contributed by atoms with E-state index in [1.54, 1.807) is 0 Å². The second-order valence-electron chi connectivity index (χ2n) is 6.74. The van der Waals surface area contributed by atoms with E-state index in [2.05, 4.69) is 29.2 Å². The number of carbonyl (C=O) groups is 1. The molecule has 0 fully saturated rings. The molecule has 0 spiro atoms. The molecule has 1 heterocycles. The number of carbonyl (C=O) groups excluding carboxylic acids is 1. The Balaban J connectivity index is 1.99. The van der Waals surface area contributed by atoms with Gasteiger partial charge >= 0.3 is 0 Å². The largest absolute Gasteiger partial charge is 0.398 e. The van der Waals surface area contributed by atoms with Crippen LogP contribution < -0.4 is 5.73 Å². The maximum Gasteiger partial charge on any atom is 0.255 e. The Kier molecular flexibility index (Phi) is 3.43. The minimum absolute atomic E-state index is 0.0871. The van der Waals surface area contributed by atoms with Gasteiger partial charge in [0.2, 0.25) is 0 Å². The quantitative estimate of drug-likeness (QED) is 0.596. The monoisotopic (exact) mass is 319 g/mol. The highest BCUT2D eigenvalue weighted by atomic mass is 16.2. The molecule has 3 aromatic carbocycles. The van der Waals surface area contributed by atoms with Gasteiger partial charge in [0.1, 0.15) is 0 Å². The van der Waals surface area contributed by atoms with E-state index in [9.17, 15) is 4.79 Å². The van der Waals surface area contributed by atoms with Crippen molar-refractivity contribution in [2.75, 3.05) is 32.9 Å². The fourth-order valence-electron chi connectivity index (χ4n) is 3.62. The normalized spacial score (nSPS) is 14.1. The Labute approximate surface area is 141 Å². The van der Waals surface area contributed by atoms with Crippen LogP contribution in [0.4, 0.5) is 5.69 Å². The summed E-state index contributed by atoms with van der Waals surface area (Å²) in [6.45, 7) is 2.22. The van der Waals surface area contributed by atoms with E-state index in [1.165, 1.54) is 5.56 Å². The predicted molar refractivity (Wildman–Crippen MR) is 99.2 cm³/mol. The van der Waals surface area contributed by atoms with Crippen LogP contribution in [-0.2, 0) is 6.54 Å². The molecule has 0 aromatic heterocycles. The molecule has 1 aliphatic heterocycles. The van der Waals surface area contributed by atoms with E-state index in [0.717, 1.165) is 33.7 Å². The van der Waals surface area contributed by atoms with Gasteiger partial charge in [-0.25, -0.2) is 0 Å². The Morgan fingerprint density at radius 1 is 1.08 bits per heavy atom. The number of nitrogens with two attached hydrogens (primary N) is 1. The van der Waals surface area contributed by atoms with E-state index in [4.69, 9.17) is 5.73 Å². The summed E-state index contributed by atoms with van der Waals surface area (Å²) < 4.78 is 0. The van der Waals surface area contributed by atoms with Crippen molar-refractivity contribution in [3.63, 3.8) is 0 Å². The molecule has 0 radical (unpaired) electrons. The van der Waals surface area contributed by atoms with Gasteiger partial charge in [0.25, 0.3) is 5.91 Å². The Bertz CT molecular complexity index is 938. The summed E-state index contributed by atoms with van der Waals surface area (Å²) in [4.78, 5) is 17.3. The molecule has 0 unspecified atom stereocenters.